The van der Waals surface area contributed by atoms with Gasteiger partial charge in [0, 0.05) is 18.7 Å². The van der Waals surface area contributed by atoms with Gasteiger partial charge in [0.1, 0.15) is 5.84 Å². The first-order valence-corrected chi connectivity index (χ1v) is 5.78. The SMILES string of the molecule is Cc1cccc(C(=N)N)c1N1CCC(C)C1. The molecule has 1 fully saturated rings. The van der Waals surface area contributed by atoms with Gasteiger partial charge in [0.15, 0.2) is 0 Å². The Labute approximate surface area is 96.8 Å². The summed E-state index contributed by atoms with van der Waals surface area (Å²) < 4.78 is 0. The van der Waals surface area contributed by atoms with E-state index in [-0.39, 0.29) is 5.84 Å². The van der Waals surface area contributed by atoms with E-state index in [4.69, 9.17) is 11.1 Å². The van der Waals surface area contributed by atoms with Crippen LogP contribution in [0.5, 0.6) is 0 Å². The topological polar surface area (TPSA) is 53.1 Å². The average molecular weight is 217 g/mol. The molecular formula is C13H19N3. The molecule has 3 N–H and O–H groups in total. The maximum Gasteiger partial charge on any atom is 0.124 e. The summed E-state index contributed by atoms with van der Waals surface area (Å²) >= 11 is 0. The van der Waals surface area contributed by atoms with Gasteiger partial charge in [-0.25, -0.2) is 0 Å². The molecule has 0 spiro atoms. The lowest BCUT2D eigenvalue weighted by Crippen LogP contribution is -2.24. The Morgan fingerprint density at radius 1 is 1.50 bits per heavy atom. The zero-order chi connectivity index (χ0) is 11.7. The molecule has 16 heavy (non-hydrogen) atoms. The van der Waals surface area contributed by atoms with E-state index < -0.39 is 0 Å². The normalized spacial score (nSPS) is 20.1. The smallest absolute Gasteiger partial charge is 0.124 e. The van der Waals surface area contributed by atoms with Crippen molar-refractivity contribution in [3.8, 4) is 0 Å². The van der Waals surface area contributed by atoms with Gasteiger partial charge in [-0.1, -0.05) is 19.1 Å². The number of rotatable bonds is 2. The number of nitrogen functional groups attached to an aromatic ring is 1. The molecule has 3 heteroatoms. The zero-order valence-corrected chi connectivity index (χ0v) is 9.96. The molecule has 3 nitrogen and oxygen atoms in total. The van der Waals surface area contributed by atoms with Crippen molar-refractivity contribution in [2.24, 2.45) is 11.7 Å². The molecule has 1 atom stereocenters. The second-order valence-corrected chi connectivity index (χ2v) is 4.72. The number of aryl methyl sites for hydroxylation is 1. The summed E-state index contributed by atoms with van der Waals surface area (Å²) in [6.07, 6.45) is 1.23. The van der Waals surface area contributed by atoms with E-state index >= 15 is 0 Å². The summed E-state index contributed by atoms with van der Waals surface area (Å²) in [6.45, 7) is 6.51. The number of amidine groups is 1. The summed E-state index contributed by atoms with van der Waals surface area (Å²) in [7, 11) is 0. The van der Waals surface area contributed by atoms with E-state index in [1.54, 1.807) is 0 Å². The van der Waals surface area contributed by atoms with Gasteiger partial charge in [0.2, 0.25) is 0 Å². The summed E-state index contributed by atoms with van der Waals surface area (Å²) in [4.78, 5) is 2.36. The molecule has 1 unspecified atom stereocenters. The van der Waals surface area contributed by atoms with Crippen LogP contribution in [-0.2, 0) is 0 Å². The van der Waals surface area contributed by atoms with Crippen LogP contribution < -0.4 is 10.6 Å². The number of hydrogen-bond donors (Lipinski definition) is 2. The fourth-order valence-electron chi connectivity index (χ4n) is 2.43. The molecule has 0 aromatic heterocycles. The number of nitrogens with zero attached hydrogens (tertiary/aromatic N) is 1. The third-order valence-corrected chi connectivity index (χ3v) is 3.27. The number of nitrogens with one attached hydrogen (secondary N) is 1. The van der Waals surface area contributed by atoms with E-state index in [1.807, 2.05) is 12.1 Å². The Hall–Kier alpha value is -1.51. The lowest BCUT2D eigenvalue weighted by Gasteiger charge is -2.23. The van der Waals surface area contributed by atoms with Gasteiger partial charge in [0.25, 0.3) is 0 Å². The highest BCUT2D eigenvalue weighted by Gasteiger charge is 2.22. The third-order valence-electron chi connectivity index (χ3n) is 3.27. The van der Waals surface area contributed by atoms with Crippen molar-refractivity contribution in [1.29, 1.82) is 5.41 Å². The fourth-order valence-corrected chi connectivity index (χ4v) is 2.43. The van der Waals surface area contributed by atoms with Crippen molar-refractivity contribution >= 4 is 11.5 Å². The zero-order valence-electron chi connectivity index (χ0n) is 9.96. The Balaban J connectivity index is 2.42. The third kappa shape index (κ3) is 1.90. The van der Waals surface area contributed by atoms with Crippen molar-refractivity contribution in [3.05, 3.63) is 29.3 Å². The molecule has 1 aromatic rings. The maximum atomic E-state index is 7.64. The number of anilines is 1. The van der Waals surface area contributed by atoms with Crippen molar-refractivity contribution in [3.63, 3.8) is 0 Å². The van der Waals surface area contributed by atoms with Crippen LogP contribution in [0.2, 0.25) is 0 Å². The second kappa shape index (κ2) is 4.16. The molecule has 1 saturated heterocycles. The maximum absolute atomic E-state index is 7.64. The minimum atomic E-state index is 0.165. The van der Waals surface area contributed by atoms with Crippen LogP contribution in [0, 0.1) is 18.3 Å². The highest BCUT2D eigenvalue weighted by molar-refractivity contribution is 6.01. The molecule has 2 rings (SSSR count). The molecule has 0 bridgehead atoms. The Bertz CT molecular complexity index is 412. The quantitative estimate of drug-likeness (QED) is 0.589. The monoisotopic (exact) mass is 217 g/mol. The minimum Gasteiger partial charge on any atom is -0.384 e. The largest absolute Gasteiger partial charge is 0.384 e. The lowest BCUT2D eigenvalue weighted by atomic mass is 10.1. The van der Waals surface area contributed by atoms with Gasteiger partial charge in [-0.2, -0.15) is 0 Å². The van der Waals surface area contributed by atoms with E-state index in [9.17, 15) is 0 Å². The van der Waals surface area contributed by atoms with Gasteiger partial charge in [0.05, 0.1) is 5.69 Å². The highest BCUT2D eigenvalue weighted by Crippen LogP contribution is 2.29. The van der Waals surface area contributed by atoms with Crippen molar-refractivity contribution in [2.45, 2.75) is 20.3 Å². The van der Waals surface area contributed by atoms with Gasteiger partial charge < -0.3 is 10.6 Å². The van der Waals surface area contributed by atoms with Crippen LogP contribution in [-0.4, -0.2) is 18.9 Å². The first-order valence-electron chi connectivity index (χ1n) is 5.78. The second-order valence-electron chi connectivity index (χ2n) is 4.72. The number of nitrogens with two attached hydrogens (primary N) is 1. The molecule has 0 amide bonds. The molecule has 1 aliphatic rings. The number of hydrogen-bond acceptors (Lipinski definition) is 2. The number of para-hydroxylation sites is 1. The van der Waals surface area contributed by atoms with Gasteiger partial charge in [-0.05, 0) is 30.9 Å². The van der Waals surface area contributed by atoms with Crippen molar-refractivity contribution in [1.82, 2.24) is 0 Å². The molecule has 1 aliphatic heterocycles. The molecule has 1 aromatic carbocycles. The van der Waals surface area contributed by atoms with Crippen LogP contribution in [0.3, 0.4) is 0 Å². The molecule has 1 heterocycles. The fraction of sp³-hybridized carbons (Fsp3) is 0.462. The summed E-state index contributed by atoms with van der Waals surface area (Å²) in [5, 5.41) is 7.64. The Morgan fingerprint density at radius 3 is 2.81 bits per heavy atom. The molecule has 0 aliphatic carbocycles. The van der Waals surface area contributed by atoms with Gasteiger partial charge in [-0.15, -0.1) is 0 Å². The predicted octanol–water partition coefficient (Wildman–Crippen LogP) is 2.13. The van der Waals surface area contributed by atoms with Gasteiger partial charge in [-0.3, -0.25) is 5.41 Å². The van der Waals surface area contributed by atoms with Crippen LogP contribution in [0.4, 0.5) is 5.69 Å². The first kappa shape index (κ1) is 11.0. The Morgan fingerprint density at radius 2 is 2.25 bits per heavy atom. The predicted molar refractivity (Wildman–Crippen MR) is 68.2 cm³/mol. The summed E-state index contributed by atoms with van der Waals surface area (Å²) in [5.41, 5.74) is 8.87. The lowest BCUT2D eigenvalue weighted by molar-refractivity contribution is 0.659. The molecular weight excluding hydrogens is 198 g/mol. The first-order chi connectivity index (χ1) is 7.59. The summed E-state index contributed by atoms with van der Waals surface area (Å²) in [5.74, 6) is 0.901. The number of benzene rings is 1. The van der Waals surface area contributed by atoms with Crippen LogP contribution in [0.1, 0.15) is 24.5 Å². The van der Waals surface area contributed by atoms with Crippen molar-refractivity contribution < 1.29 is 0 Å². The highest BCUT2D eigenvalue weighted by atomic mass is 15.2. The van der Waals surface area contributed by atoms with Crippen molar-refractivity contribution in [2.75, 3.05) is 18.0 Å². The van der Waals surface area contributed by atoms with E-state index in [1.165, 1.54) is 12.0 Å². The summed E-state index contributed by atoms with van der Waals surface area (Å²) in [6, 6.07) is 5.99. The van der Waals surface area contributed by atoms with Crippen LogP contribution in [0.15, 0.2) is 18.2 Å². The van der Waals surface area contributed by atoms with E-state index in [0.29, 0.717) is 0 Å². The van der Waals surface area contributed by atoms with Gasteiger partial charge >= 0.3 is 0 Å². The van der Waals surface area contributed by atoms with E-state index in [0.717, 1.165) is 30.3 Å². The minimum absolute atomic E-state index is 0.165. The standard InChI is InChI=1S/C13H19N3/c1-9-6-7-16(8-9)12-10(2)4-3-5-11(12)13(14)15/h3-5,9H,6-8H2,1-2H3,(H3,14,15). The molecule has 86 valence electrons. The van der Waals surface area contributed by atoms with Crippen LogP contribution in [0.25, 0.3) is 0 Å². The molecule has 0 radical (unpaired) electrons. The van der Waals surface area contributed by atoms with E-state index in [2.05, 4.69) is 24.8 Å². The average Bonchev–Trinajstić information content (AvgIpc) is 2.64. The van der Waals surface area contributed by atoms with Crippen LogP contribution >= 0.6 is 0 Å². The Kier molecular flexibility index (Phi) is 2.86. The molecule has 0 saturated carbocycles.